The molecule has 0 aliphatic heterocycles. The largest absolute Gasteiger partial charge is 0.485 e. The van der Waals surface area contributed by atoms with Crippen molar-refractivity contribution in [1.29, 1.82) is 5.26 Å². The van der Waals surface area contributed by atoms with E-state index in [1.54, 1.807) is 17.5 Å². The van der Waals surface area contributed by atoms with Gasteiger partial charge in [0.25, 0.3) is 0 Å². The van der Waals surface area contributed by atoms with E-state index < -0.39 is 5.92 Å². The molecule has 32 heavy (non-hydrogen) atoms. The molecule has 0 radical (unpaired) electrons. The van der Waals surface area contributed by atoms with E-state index in [0.29, 0.717) is 22.9 Å². The Kier molecular flexibility index (Phi) is 6.69. The third-order valence-corrected chi connectivity index (χ3v) is 5.85. The Bertz CT molecular complexity index is 1250. The number of para-hydroxylation sites is 1. The van der Waals surface area contributed by atoms with Gasteiger partial charge in [0.05, 0.1) is 11.8 Å². The Morgan fingerprint density at radius 3 is 2.50 bits per heavy atom. The number of ether oxygens (including phenoxy) is 1. The minimum atomic E-state index is -1.02. The average Bonchev–Trinajstić information content (AvgIpc) is 3.30. The first-order chi connectivity index (χ1) is 15.6. The van der Waals surface area contributed by atoms with Crippen LogP contribution in [0.3, 0.4) is 0 Å². The molecule has 0 fully saturated rings. The summed E-state index contributed by atoms with van der Waals surface area (Å²) in [7, 11) is 0. The van der Waals surface area contributed by atoms with Crippen LogP contribution in [0, 0.1) is 17.1 Å². The van der Waals surface area contributed by atoms with E-state index in [9.17, 15) is 14.4 Å². The van der Waals surface area contributed by atoms with Gasteiger partial charge < -0.3 is 4.74 Å². The predicted molar refractivity (Wildman–Crippen MR) is 122 cm³/mol. The van der Waals surface area contributed by atoms with Gasteiger partial charge in [0.15, 0.2) is 11.7 Å². The van der Waals surface area contributed by atoms with E-state index in [4.69, 9.17) is 4.74 Å². The van der Waals surface area contributed by atoms with Crippen molar-refractivity contribution >= 4 is 17.1 Å². The van der Waals surface area contributed by atoms with Crippen molar-refractivity contribution in [1.82, 2.24) is 4.98 Å². The molecule has 158 valence electrons. The maximum Gasteiger partial charge on any atom is 0.194 e. The highest BCUT2D eigenvalue weighted by molar-refractivity contribution is 7.10. The van der Waals surface area contributed by atoms with Crippen molar-refractivity contribution in [2.45, 2.75) is 12.3 Å². The fourth-order valence-electron chi connectivity index (χ4n) is 3.28. The third-order valence-electron chi connectivity index (χ3n) is 4.94. The molecule has 0 bridgehead atoms. The number of hydrogen-bond donors (Lipinski definition) is 0. The molecular weight excluding hydrogens is 423 g/mol. The number of nitriles is 1. The smallest absolute Gasteiger partial charge is 0.194 e. The van der Waals surface area contributed by atoms with E-state index in [1.807, 2.05) is 60.7 Å². The van der Waals surface area contributed by atoms with Crippen LogP contribution >= 0.6 is 11.3 Å². The van der Waals surface area contributed by atoms with E-state index in [1.165, 1.54) is 23.5 Å². The van der Waals surface area contributed by atoms with Gasteiger partial charge in [-0.05, 0) is 41.5 Å². The van der Waals surface area contributed by atoms with Crippen LogP contribution in [0.5, 0.6) is 5.75 Å². The number of carbonyl (C=O) groups excluding carboxylic acids is 1. The molecule has 0 aliphatic carbocycles. The number of aromatic nitrogens is 1. The molecule has 4 nitrogen and oxygen atoms in total. The molecule has 0 unspecified atom stereocenters. The quantitative estimate of drug-likeness (QED) is 0.346. The van der Waals surface area contributed by atoms with Crippen LogP contribution in [0.2, 0.25) is 0 Å². The molecule has 1 atom stereocenters. The minimum Gasteiger partial charge on any atom is -0.485 e. The van der Waals surface area contributed by atoms with Crippen LogP contribution < -0.4 is 4.74 Å². The highest BCUT2D eigenvalue weighted by Crippen LogP contribution is 2.28. The van der Waals surface area contributed by atoms with E-state index >= 15 is 0 Å². The molecule has 6 heteroatoms. The number of carbonyl (C=O) groups is 1. The standard InChI is InChI=1S/C26H19FN2O2S/c27-21-12-10-19(11-13-21)23-17-32-26(29-23)22(15-28)24(30)16-31-25-9-5-4-8-20(25)14-18-6-2-1-3-7-18/h1-13,17,22H,14,16H2/t22-/m0/s1. The molecule has 0 amide bonds. The Hall–Kier alpha value is -3.82. The van der Waals surface area contributed by atoms with Gasteiger partial charge in [0.1, 0.15) is 23.2 Å². The molecule has 0 aliphatic rings. The molecule has 0 saturated carbocycles. The van der Waals surface area contributed by atoms with Gasteiger partial charge in [-0.3, -0.25) is 4.79 Å². The summed E-state index contributed by atoms with van der Waals surface area (Å²) in [5.41, 5.74) is 3.44. The van der Waals surface area contributed by atoms with Crippen LogP contribution in [0.4, 0.5) is 4.39 Å². The lowest BCUT2D eigenvalue weighted by atomic mass is 10.0. The first kappa shape index (κ1) is 21.4. The highest BCUT2D eigenvalue weighted by Gasteiger charge is 2.24. The van der Waals surface area contributed by atoms with Crippen LogP contribution in [-0.2, 0) is 11.2 Å². The van der Waals surface area contributed by atoms with Crippen molar-refractivity contribution in [3.8, 4) is 23.1 Å². The monoisotopic (exact) mass is 442 g/mol. The summed E-state index contributed by atoms with van der Waals surface area (Å²) in [6.45, 7) is -0.227. The van der Waals surface area contributed by atoms with Gasteiger partial charge in [0.2, 0.25) is 0 Å². The Morgan fingerprint density at radius 1 is 1.03 bits per heavy atom. The summed E-state index contributed by atoms with van der Waals surface area (Å²) >= 11 is 1.23. The zero-order valence-electron chi connectivity index (χ0n) is 17.1. The number of benzene rings is 3. The molecule has 0 N–H and O–H groups in total. The van der Waals surface area contributed by atoms with Gasteiger partial charge in [0, 0.05) is 17.4 Å². The molecule has 1 aromatic heterocycles. The second-order valence-electron chi connectivity index (χ2n) is 7.17. The van der Waals surface area contributed by atoms with E-state index in [0.717, 1.165) is 16.7 Å². The maximum atomic E-state index is 13.2. The first-order valence-corrected chi connectivity index (χ1v) is 10.9. The normalized spacial score (nSPS) is 11.5. The SMILES string of the molecule is N#C[C@@H](C(=O)COc1ccccc1Cc1ccccc1)c1nc(-c2ccc(F)cc2)cs1. The zero-order chi connectivity index (χ0) is 22.3. The van der Waals surface area contributed by atoms with Crippen molar-refractivity contribution < 1.29 is 13.9 Å². The zero-order valence-corrected chi connectivity index (χ0v) is 17.9. The lowest BCUT2D eigenvalue weighted by molar-refractivity contribution is -0.121. The number of rotatable bonds is 8. The Labute approximate surface area is 189 Å². The molecular formula is C26H19FN2O2S. The molecule has 1 heterocycles. The van der Waals surface area contributed by atoms with Crippen LogP contribution in [0.25, 0.3) is 11.3 Å². The van der Waals surface area contributed by atoms with Crippen LogP contribution in [0.15, 0.2) is 84.2 Å². The van der Waals surface area contributed by atoms with Crippen molar-refractivity contribution in [2.75, 3.05) is 6.61 Å². The van der Waals surface area contributed by atoms with Gasteiger partial charge in [-0.25, -0.2) is 9.37 Å². The maximum absolute atomic E-state index is 13.2. The van der Waals surface area contributed by atoms with Gasteiger partial charge in [-0.15, -0.1) is 11.3 Å². The van der Waals surface area contributed by atoms with Crippen LogP contribution in [-0.4, -0.2) is 17.4 Å². The topological polar surface area (TPSA) is 63.0 Å². The summed E-state index contributed by atoms with van der Waals surface area (Å²) in [5, 5.41) is 11.8. The number of Topliss-reactive ketones (excluding diaryl/α,β-unsaturated/α-hetero) is 1. The van der Waals surface area contributed by atoms with E-state index in [2.05, 4.69) is 4.98 Å². The number of nitrogens with zero attached hydrogens (tertiary/aromatic N) is 2. The third kappa shape index (κ3) is 5.08. The van der Waals surface area contributed by atoms with Gasteiger partial charge >= 0.3 is 0 Å². The van der Waals surface area contributed by atoms with Crippen LogP contribution in [0.1, 0.15) is 22.1 Å². The summed E-state index contributed by atoms with van der Waals surface area (Å²) in [6, 6.07) is 25.5. The number of thiazole rings is 1. The first-order valence-electron chi connectivity index (χ1n) is 10.0. The molecule has 4 rings (SSSR count). The summed E-state index contributed by atoms with van der Waals surface area (Å²) in [6.07, 6.45) is 0.681. The summed E-state index contributed by atoms with van der Waals surface area (Å²) in [5.74, 6) is -1.09. The second kappa shape index (κ2) is 9.99. The van der Waals surface area contributed by atoms with Crippen molar-refractivity contribution in [3.63, 3.8) is 0 Å². The summed E-state index contributed by atoms with van der Waals surface area (Å²) in [4.78, 5) is 17.2. The molecule has 0 spiro atoms. The second-order valence-corrected chi connectivity index (χ2v) is 8.05. The average molecular weight is 443 g/mol. The lowest BCUT2D eigenvalue weighted by Crippen LogP contribution is -2.19. The summed E-state index contributed by atoms with van der Waals surface area (Å²) < 4.78 is 19.0. The molecule has 0 saturated heterocycles. The van der Waals surface area contributed by atoms with E-state index in [-0.39, 0.29) is 18.2 Å². The number of ketones is 1. The van der Waals surface area contributed by atoms with Gasteiger partial charge in [-0.2, -0.15) is 5.26 Å². The Morgan fingerprint density at radius 2 is 1.75 bits per heavy atom. The number of halogens is 1. The van der Waals surface area contributed by atoms with Gasteiger partial charge in [-0.1, -0.05) is 48.5 Å². The van der Waals surface area contributed by atoms with Crippen molar-refractivity contribution in [3.05, 3.63) is 106 Å². The minimum absolute atomic E-state index is 0.227. The predicted octanol–water partition coefficient (Wildman–Crippen LogP) is 5.80. The molecule has 3 aromatic carbocycles. The number of hydrogen-bond acceptors (Lipinski definition) is 5. The lowest BCUT2D eigenvalue weighted by Gasteiger charge is -2.12. The fourth-order valence-corrected chi connectivity index (χ4v) is 4.17. The Balaban J connectivity index is 1.45. The fraction of sp³-hybridized carbons (Fsp3) is 0.115. The highest BCUT2D eigenvalue weighted by atomic mass is 32.1. The van der Waals surface area contributed by atoms with Crippen molar-refractivity contribution in [2.24, 2.45) is 0 Å². The molecule has 4 aromatic rings.